The molecule has 0 unspecified atom stereocenters. The van der Waals surface area contributed by atoms with Crippen LogP contribution in [0.3, 0.4) is 0 Å². The van der Waals surface area contributed by atoms with E-state index in [1.165, 1.54) is 12.1 Å². The highest BCUT2D eigenvalue weighted by atomic mass is 32.2. The second kappa shape index (κ2) is 7.18. The monoisotopic (exact) mass is 409 g/mol. The molecule has 0 radical (unpaired) electrons. The van der Waals surface area contributed by atoms with Crippen LogP contribution in [-0.2, 0) is 19.3 Å². The van der Waals surface area contributed by atoms with Crippen molar-refractivity contribution >= 4 is 28.3 Å². The van der Waals surface area contributed by atoms with Gasteiger partial charge in [-0.15, -0.1) is 13.2 Å². The number of benzene rings is 1. The van der Waals surface area contributed by atoms with E-state index in [4.69, 9.17) is 9.31 Å². The zero-order valence-electron chi connectivity index (χ0n) is 15.8. The minimum Gasteiger partial charge on any atom is -0.404 e. The van der Waals surface area contributed by atoms with Gasteiger partial charge in [-0.1, -0.05) is 13.0 Å². The van der Waals surface area contributed by atoms with Gasteiger partial charge < -0.3 is 14.0 Å². The molecule has 0 spiro atoms. The lowest BCUT2D eigenvalue weighted by Crippen LogP contribution is -2.41. The van der Waals surface area contributed by atoms with Crippen LogP contribution in [-0.4, -0.2) is 38.9 Å². The largest absolute Gasteiger partial charge is 0.573 e. The van der Waals surface area contributed by atoms with Gasteiger partial charge in [-0.25, -0.2) is 8.42 Å². The van der Waals surface area contributed by atoms with Crippen LogP contribution in [0.4, 0.5) is 18.9 Å². The van der Waals surface area contributed by atoms with Crippen molar-refractivity contribution in [3.8, 4) is 5.75 Å². The van der Waals surface area contributed by atoms with E-state index < -0.39 is 40.5 Å². The number of halogens is 3. The predicted molar refractivity (Wildman–Crippen MR) is 96.5 cm³/mol. The summed E-state index contributed by atoms with van der Waals surface area (Å²) in [5, 5.41) is 0. The Hall–Kier alpha value is -1.46. The van der Waals surface area contributed by atoms with Gasteiger partial charge in [0.2, 0.25) is 10.0 Å². The van der Waals surface area contributed by atoms with E-state index in [0.29, 0.717) is 11.9 Å². The first-order chi connectivity index (χ1) is 12.2. The van der Waals surface area contributed by atoms with Gasteiger partial charge in [0.25, 0.3) is 0 Å². The number of nitrogens with one attached hydrogen (secondary N) is 1. The van der Waals surface area contributed by atoms with Gasteiger partial charge >= 0.3 is 13.5 Å². The van der Waals surface area contributed by atoms with Crippen LogP contribution in [0.2, 0.25) is 0 Å². The maximum absolute atomic E-state index is 12.7. The summed E-state index contributed by atoms with van der Waals surface area (Å²) in [4.78, 5) is 0. The van der Waals surface area contributed by atoms with Gasteiger partial charge in [0, 0.05) is 0 Å². The lowest BCUT2D eigenvalue weighted by Gasteiger charge is -2.32. The molecule has 1 aromatic carbocycles. The molecular formula is C16H23BF3NO5S. The second-order valence-corrected chi connectivity index (χ2v) is 9.15. The van der Waals surface area contributed by atoms with Gasteiger partial charge in [-0.2, -0.15) is 0 Å². The summed E-state index contributed by atoms with van der Waals surface area (Å²) in [6.07, 6.45) is -4.65. The molecule has 0 atom stereocenters. The van der Waals surface area contributed by atoms with Crippen LogP contribution in [0.15, 0.2) is 18.2 Å². The normalized spacial score (nSPS) is 19.2. The zero-order chi connectivity index (χ0) is 20.7. The average molecular weight is 409 g/mol. The van der Waals surface area contributed by atoms with Gasteiger partial charge in [-0.05, 0) is 51.7 Å². The summed E-state index contributed by atoms with van der Waals surface area (Å²) in [5.74, 6) is -0.887. The number of anilines is 1. The van der Waals surface area contributed by atoms with Crippen molar-refractivity contribution in [2.24, 2.45) is 0 Å². The first-order valence-corrected chi connectivity index (χ1v) is 10.1. The smallest absolute Gasteiger partial charge is 0.404 e. The molecule has 1 aromatic rings. The number of sulfonamides is 1. The van der Waals surface area contributed by atoms with E-state index in [-0.39, 0.29) is 11.4 Å². The van der Waals surface area contributed by atoms with Crippen molar-refractivity contribution in [2.45, 2.75) is 58.6 Å². The molecule has 0 aliphatic carbocycles. The van der Waals surface area contributed by atoms with E-state index in [2.05, 4.69) is 9.46 Å². The Morgan fingerprint density at radius 1 is 1.15 bits per heavy atom. The van der Waals surface area contributed by atoms with Crippen LogP contribution >= 0.6 is 0 Å². The van der Waals surface area contributed by atoms with E-state index in [1.54, 1.807) is 6.92 Å². The number of hydrogen-bond donors (Lipinski definition) is 1. The van der Waals surface area contributed by atoms with Gasteiger partial charge in [-0.3, -0.25) is 4.72 Å². The van der Waals surface area contributed by atoms with Crippen molar-refractivity contribution in [3.05, 3.63) is 18.2 Å². The standard InChI is InChI=1S/C16H23BF3NO5S/c1-6-9-27(22,23)21-12-10-11(7-8-13(12)24-16(18,19)20)17-25-14(2,3)15(4,5)26-17/h7-8,10,21H,6,9H2,1-5H3. The van der Waals surface area contributed by atoms with E-state index in [1.807, 2.05) is 27.7 Å². The van der Waals surface area contributed by atoms with E-state index in [9.17, 15) is 21.6 Å². The highest BCUT2D eigenvalue weighted by molar-refractivity contribution is 7.92. The molecule has 0 saturated carbocycles. The van der Waals surface area contributed by atoms with Crippen LogP contribution in [0.1, 0.15) is 41.0 Å². The molecule has 6 nitrogen and oxygen atoms in total. The van der Waals surface area contributed by atoms with Gasteiger partial charge in [0.15, 0.2) is 5.75 Å². The summed E-state index contributed by atoms with van der Waals surface area (Å²) in [7, 11) is -4.68. The number of rotatable bonds is 6. The number of alkyl halides is 3. The minimum atomic E-state index is -4.96. The number of ether oxygens (including phenoxy) is 1. The van der Waals surface area contributed by atoms with Gasteiger partial charge in [0.05, 0.1) is 22.6 Å². The van der Waals surface area contributed by atoms with Crippen molar-refractivity contribution in [2.75, 3.05) is 10.5 Å². The Labute approximate surface area is 157 Å². The zero-order valence-corrected chi connectivity index (χ0v) is 16.6. The summed E-state index contributed by atoms with van der Waals surface area (Å²) >= 11 is 0. The summed E-state index contributed by atoms with van der Waals surface area (Å²) < 4.78 is 79.9. The van der Waals surface area contributed by atoms with Crippen molar-refractivity contribution in [3.63, 3.8) is 0 Å². The Morgan fingerprint density at radius 2 is 1.70 bits per heavy atom. The van der Waals surface area contributed by atoms with E-state index in [0.717, 1.165) is 6.07 Å². The van der Waals surface area contributed by atoms with Gasteiger partial charge in [0.1, 0.15) is 0 Å². The Kier molecular flexibility index (Phi) is 5.80. The predicted octanol–water partition coefficient (Wildman–Crippen LogP) is 3.04. The fourth-order valence-corrected chi connectivity index (χ4v) is 3.59. The molecule has 1 N–H and O–H groups in total. The molecule has 1 fully saturated rings. The molecule has 27 heavy (non-hydrogen) atoms. The first kappa shape index (κ1) is 21.8. The molecule has 11 heteroatoms. The van der Waals surface area contributed by atoms with Crippen LogP contribution in [0, 0.1) is 0 Å². The first-order valence-electron chi connectivity index (χ1n) is 8.41. The molecule has 1 saturated heterocycles. The quantitative estimate of drug-likeness (QED) is 0.732. The summed E-state index contributed by atoms with van der Waals surface area (Å²) in [6.45, 7) is 8.98. The SMILES string of the molecule is CCCS(=O)(=O)Nc1cc(B2OC(C)(C)C(C)(C)O2)ccc1OC(F)(F)F. The molecule has 1 heterocycles. The molecule has 152 valence electrons. The highest BCUT2D eigenvalue weighted by Gasteiger charge is 2.51. The molecule has 0 bridgehead atoms. The topological polar surface area (TPSA) is 73.9 Å². The van der Waals surface area contributed by atoms with Crippen LogP contribution in [0.25, 0.3) is 0 Å². The Bertz CT molecular complexity index is 780. The maximum Gasteiger partial charge on any atom is 0.573 e. The third-order valence-electron chi connectivity index (χ3n) is 4.49. The van der Waals surface area contributed by atoms with Crippen LogP contribution < -0.4 is 14.9 Å². The molecule has 2 rings (SSSR count). The number of hydrogen-bond acceptors (Lipinski definition) is 5. The van der Waals surface area contributed by atoms with E-state index >= 15 is 0 Å². The minimum absolute atomic E-state index is 0.237. The fourth-order valence-electron chi connectivity index (χ4n) is 2.45. The maximum atomic E-state index is 12.7. The van der Waals surface area contributed by atoms with Crippen molar-refractivity contribution in [1.29, 1.82) is 0 Å². The van der Waals surface area contributed by atoms with Crippen molar-refractivity contribution in [1.82, 2.24) is 0 Å². The molecular weight excluding hydrogens is 386 g/mol. The third-order valence-corrected chi connectivity index (χ3v) is 5.97. The highest BCUT2D eigenvalue weighted by Crippen LogP contribution is 2.37. The molecule has 1 aliphatic heterocycles. The fraction of sp³-hybridized carbons (Fsp3) is 0.625. The molecule has 1 aliphatic rings. The molecule has 0 aromatic heterocycles. The van der Waals surface area contributed by atoms with Crippen LogP contribution in [0.5, 0.6) is 5.75 Å². The lowest BCUT2D eigenvalue weighted by atomic mass is 9.79. The summed E-state index contributed by atoms with van der Waals surface area (Å²) in [6, 6.07) is 3.62. The molecule has 0 amide bonds. The summed E-state index contributed by atoms with van der Waals surface area (Å²) in [5.41, 5.74) is -1.26. The third kappa shape index (κ3) is 5.29. The second-order valence-electron chi connectivity index (χ2n) is 7.31. The average Bonchev–Trinajstić information content (AvgIpc) is 2.67. The lowest BCUT2D eigenvalue weighted by molar-refractivity contribution is -0.274. The Morgan fingerprint density at radius 3 is 2.19 bits per heavy atom. The van der Waals surface area contributed by atoms with Crippen molar-refractivity contribution < 1.29 is 35.6 Å². The Balaban J connectivity index is 2.41.